The van der Waals surface area contributed by atoms with Crippen molar-refractivity contribution in [2.75, 3.05) is 0 Å². The van der Waals surface area contributed by atoms with E-state index >= 15 is 0 Å². The summed E-state index contributed by atoms with van der Waals surface area (Å²) in [7, 11) is 0. The molecule has 0 heterocycles. The Bertz CT molecular complexity index is 534. The Morgan fingerprint density at radius 1 is 1.00 bits per heavy atom. The van der Waals surface area contributed by atoms with Gasteiger partial charge in [0.15, 0.2) is 0 Å². The summed E-state index contributed by atoms with van der Waals surface area (Å²) < 4.78 is 0. The van der Waals surface area contributed by atoms with E-state index in [0.717, 1.165) is 44.9 Å². The van der Waals surface area contributed by atoms with E-state index in [1.807, 2.05) is 0 Å². The van der Waals surface area contributed by atoms with E-state index in [-0.39, 0.29) is 34.9 Å². The highest BCUT2D eigenvalue weighted by Gasteiger charge is 2.64. The van der Waals surface area contributed by atoms with E-state index < -0.39 is 5.97 Å². The fraction of sp³-hybridized carbons (Fsp3) is 0.950. The van der Waals surface area contributed by atoms with E-state index in [2.05, 4.69) is 13.8 Å². The number of carboxylic acids is 1. The molecule has 136 valence electrons. The first kappa shape index (κ1) is 16.8. The van der Waals surface area contributed by atoms with Crippen LogP contribution < -0.4 is 0 Å². The molecule has 4 heteroatoms. The first-order valence-electron chi connectivity index (χ1n) is 9.86. The third-order valence-corrected chi connectivity index (χ3v) is 8.86. The van der Waals surface area contributed by atoms with Crippen LogP contribution in [0.1, 0.15) is 65.2 Å². The lowest BCUT2D eigenvalue weighted by Crippen LogP contribution is -2.59. The minimum Gasteiger partial charge on any atom is -0.481 e. The summed E-state index contributed by atoms with van der Waals surface area (Å²) in [5, 5.41) is 30.9. The van der Waals surface area contributed by atoms with E-state index in [9.17, 15) is 20.1 Å². The van der Waals surface area contributed by atoms with Gasteiger partial charge in [0.05, 0.1) is 18.1 Å². The second-order valence-electron chi connectivity index (χ2n) is 9.75. The van der Waals surface area contributed by atoms with Gasteiger partial charge in [-0.2, -0.15) is 0 Å². The molecular formula is C20H32O4. The lowest BCUT2D eigenvalue weighted by Gasteiger charge is -2.62. The molecular weight excluding hydrogens is 304 g/mol. The van der Waals surface area contributed by atoms with Crippen LogP contribution >= 0.6 is 0 Å². The molecule has 4 aliphatic carbocycles. The minimum absolute atomic E-state index is 0.115. The predicted molar refractivity (Wildman–Crippen MR) is 90.2 cm³/mol. The van der Waals surface area contributed by atoms with Gasteiger partial charge in [0.2, 0.25) is 0 Å². The third-order valence-electron chi connectivity index (χ3n) is 8.86. The Labute approximate surface area is 144 Å². The molecule has 9 atom stereocenters. The van der Waals surface area contributed by atoms with Crippen LogP contribution in [0, 0.1) is 40.4 Å². The highest BCUT2D eigenvalue weighted by atomic mass is 16.4. The molecule has 0 saturated heterocycles. The zero-order valence-electron chi connectivity index (χ0n) is 14.9. The van der Waals surface area contributed by atoms with Gasteiger partial charge in [0.25, 0.3) is 0 Å². The number of hydrogen-bond donors (Lipinski definition) is 3. The Balaban J connectivity index is 1.67. The van der Waals surface area contributed by atoms with Crippen molar-refractivity contribution in [3.63, 3.8) is 0 Å². The number of aliphatic hydroxyl groups excluding tert-OH is 2. The zero-order valence-corrected chi connectivity index (χ0v) is 14.9. The first-order chi connectivity index (χ1) is 11.3. The molecule has 0 aromatic rings. The monoisotopic (exact) mass is 336 g/mol. The van der Waals surface area contributed by atoms with Crippen LogP contribution in [0.25, 0.3) is 0 Å². The normalized spacial score (nSPS) is 56.9. The molecule has 4 rings (SSSR count). The van der Waals surface area contributed by atoms with Crippen molar-refractivity contribution in [2.24, 2.45) is 40.4 Å². The molecule has 4 fully saturated rings. The van der Waals surface area contributed by atoms with Crippen molar-refractivity contribution < 1.29 is 20.1 Å². The van der Waals surface area contributed by atoms with Crippen LogP contribution in [-0.4, -0.2) is 33.5 Å². The van der Waals surface area contributed by atoms with E-state index in [1.165, 1.54) is 0 Å². The van der Waals surface area contributed by atoms with Crippen molar-refractivity contribution in [1.82, 2.24) is 0 Å². The molecule has 0 amide bonds. The van der Waals surface area contributed by atoms with Crippen LogP contribution in [-0.2, 0) is 4.79 Å². The van der Waals surface area contributed by atoms with Crippen LogP contribution in [0.3, 0.4) is 0 Å². The first-order valence-corrected chi connectivity index (χ1v) is 9.86. The summed E-state index contributed by atoms with van der Waals surface area (Å²) in [5.74, 6) is 0.729. The Hall–Kier alpha value is -0.610. The standard InChI is InChI=1S/C20H32O4/c1-19-8-7-12(21)9-11(19)3-4-13-14-5-6-15(18(23)24)20(14,2)10-16(22)17(13)19/h11-17,21-22H,3-10H2,1-2H3,(H,23,24)/t11?,12-,13-,14-,15+,16-,17?,19-,20-/m0/s1. The lowest BCUT2D eigenvalue weighted by molar-refractivity contribution is -0.182. The molecule has 4 saturated carbocycles. The van der Waals surface area contributed by atoms with E-state index in [0.29, 0.717) is 24.2 Å². The second kappa shape index (κ2) is 5.44. The van der Waals surface area contributed by atoms with Crippen molar-refractivity contribution >= 4 is 5.97 Å². The summed E-state index contributed by atoms with van der Waals surface area (Å²) in [5.41, 5.74) is -0.131. The van der Waals surface area contributed by atoms with Crippen LogP contribution in [0.15, 0.2) is 0 Å². The number of rotatable bonds is 1. The van der Waals surface area contributed by atoms with Gasteiger partial charge in [-0.1, -0.05) is 13.8 Å². The van der Waals surface area contributed by atoms with E-state index in [4.69, 9.17) is 0 Å². The van der Waals surface area contributed by atoms with Crippen molar-refractivity contribution in [3.8, 4) is 0 Å². The predicted octanol–water partition coefficient (Wildman–Crippen LogP) is 3.06. The van der Waals surface area contributed by atoms with Crippen LogP contribution in [0.2, 0.25) is 0 Å². The van der Waals surface area contributed by atoms with Gasteiger partial charge in [0.1, 0.15) is 0 Å². The molecule has 24 heavy (non-hydrogen) atoms. The van der Waals surface area contributed by atoms with Gasteiger partial charge in [-0.15, -0.1) is 0 Å². The molecule has 0 spiro atoms. The van der Waals surface area contributed by atoms with Crippen molar-refractivity contribution in [2.45, 2.75) is 77.4 Å². The molecule has 2 unspecified atom stereocenters. The number of carboxylic acid groups (broad SMARTS) is 1. The van der Waals surface area contributed by atoms with Gasteiger partial charge in [0, 0.05) is 0 Å². The van der Waals surface area contributed by atoms with Gasteiger partial charge in [-0.3, -0.25) is 4.79 Å². The highest BCUT2D eigenvalue weighted by Crippen LogP contribution is 2.67. The lowest BCUT2D eigenvalue weighted by atomic mass is 9.44. The van der Waals surface area contributed by atoms with Gasteiger partial charge >= 0.3 is 5.97 Å². The third kappa shape index (κ3) is 2.14. The molecule has 0 aliphatic heterocycles. The van der Waals surface area contributed by atoms with Gasteiger partial charge in [-0.25, -0.2) is 0 Å². The largest absolute Gasteiger partial charge is 0.481 e. The Kier molecular flexibility index (Phi) is 3.82. The van der Waals surface area contributed by atoms with E-state index in [1.54, 1.807) is 0 Å². The van der Waals surface area contributed by atoms with Gasteiger partial charge in [-0.05, 0) is 85.9 Å². The number of aliphatic hydroxyl groups is 2. The summed E-state index contributed by atoms with van der Waals surface area (Å²) in [6.45, 7) is 4.47. The number of fused-ring (bicyclic) bond motifs is 5. The SMILES string of the molecule is C[C@]12CC[C@H](O)CC1CC[C@@H]1C2[C@@H](O)C[C@]2(C)[C@@H](C(=O)O)CC[C@@H]12. The minimum atomic E-state index is -0.675. The maximum Gasteiger partial charge on any atom is 0.307 e. The fourth-order valence-corrected chi connectivity index (χ4v) is 7.77. The number of hydrogen-bond acceptors (Lipinski definition) is 3. The molecule has 4 nitrogen and oxygen atoms in total. The second-order valence-corrected chi connectivity index (χ2v) is 9.75. The summed E-state index contributed by atoms with van der Waals surface area (Å²) in [6.07, 6.45) is 6.81. The summed E-state index contributed by atoms with van der Waals surface area (Å²) in [4.78, 5) is 11.7. The average Bonchev–Trinajstić information content (AvgIpc) is 2.84. The molecule has 0 radical (unpaired) electrons. The Morgan fingerprint density at radius 2 is 1.75 bits per heavy atom. The van der Waals surface area contributed by atoms with Crippen molar-refractivity contribution in [1.29, 1.82) is 0 Å². The fourth-order valence-electron chi connectivity index (χ4n) is 7.77. The zero-order chi connectivity index (χ0) is 17.3. The maximum absolute atomic E-state index is 11.7. The van der Waals surface area contributed by atoms with Crippen LogP contribution in [0.4, 0.5) is 0 Å². The number of carbonyl (C=O) groups is 1. The van der Waals surface area contributed by atoms with Crippen molar-refractivity contribution in [3.05, 3.63) is 0 Å². The quantitative estimate of drug-likeness (QED) is 0.688. The van der Waals surface area contributed by atoms with Gasteiger partial charge < -0.3 is 15.3 Å². The molecule has 3 N–H and O–H groups in total. The molecule has 0 bridgehead atoms. The Morgan fingerprint density at radius 3 is 2.46 bits per heavy atom. The highest BCUT2D eigenvalue weighted by molar-refractivity contribution is 5.71. The smallest absolute Gasteiger partial charge is 0.307 e. The molecule has 0 aromatic heterocycles. The summed E-state index contributed by atoms with van der Waals surface area (Å²) >= 11 is 0. The maximum atomic E-state index is 11.7. The molecule has 0 aromatic carbocycles. The van der Waals surface area contributed by atoms with Crippen LogP contribution in [0.5, 0.6) is 0 Å². The summed E-state index contributed by atoms with van der Waals surface area (Å²) in [6, 6.07) is 0. The average molecular weight is 336 g/mol. The topological polar surface area (TPSA) is 77.8 Å². The molecule has 4 aliphatic rings. The number of aliphatic carboxylic acids is 1.